The summed E-state index contributed by atoms with van der Waals surface area (Å²) < 4.78 is 39.2. The van der Waals surface area contributed by atoms with Gasteiger partial charge in [0.2, 0.25) is 11.8 Å². The molecule has 0 saturated heterocycles. The van der Waals surface area contributed by atoms with Crippen molar-refractivity contribution in [3.8, 4) is 17.4 Å². The Kier molecular flexibility index (Phi) is 7.20. The largest absolute Gasteiger partial charge is 0.496 e. The van der Waals surface area contributed by atoms with Crippen LogP contribution >= 0.6 is 0 Å². The molecule has 13 heteroatoms. The molecular weight excluding hydrogens is 540 g/mol. The lowest BCUT2D eigenvalue weighted by molar-refractivity contribution is -0.133. The predicted octanol–water partition coefficient (Wildman–Crippen LogP) is 3.51. The van der Waals surface area contributed by atoms with Crippen molar-refractivity contribution in [2.75, 3.05) is 24.1 Å². The maximum Gasteiger partial charge on any atom is 0.256 e. The molecule has 3 amide bonds. The van der Waals surface area contributed by atoms with Crippen LogP contribution in [0.4, 0.5) is 20.2 Å². The molecule has 1 saturated carbocycles. The first kappa shape index (κ1) is 27.4. The highest BCUT2D eigenvalue weighted by Gasteiger charge is 2.58. The standard InChI is InChI=1S/C28H23F2N5O6/c1-40-23-12-21-18(11-19(23)24(31)37)22(6-9-32-21)41-25-20(30)10-16(13-33-25)34-26(38)28(7-8-28)27(39)35(14-36)17-4-2-15(29)3-5-17/h2-6,9-13,36H,7-8,14H2,1H3,(H2,31,37)(H,34,38). The fourth-order valence-electron chi connectivity index (χ4n) is 4.33. The Labute approximate surface area is 231 Å². The predicted molar refractivity (Wildman–Crippen MR) is 142 cm³/mol. The third-order valence-corrected chi connectivity index (χ3v) is 6.68. The average molecular weight is 564 g/mol. The second-order valence-electron chi connectivity index (χ2n) is 9.24. The summed E-state index contributed by atoms with van der Waals surface area (Å²) in [4.78, 5) is 47.2. The molecule has 210 valence electrons. The number of primary amides is 1. The highest BCUT2D eigenvalue weighted by molar-refractivity contribution is 6.17. The van der Waals surface area contributed by atoms with E-state index in [0.717, 1.165) is 29.3 Å². The van der Waals surface area contributed by atoms with Gasteiger partial charge in [0.1, 0.15) is 29.5 Å². The first-order chi connectivity index (χ1) is 19.7. The number of aromatic nitrogens is 2. The van der Waals surface area contributed by atoms with Crippen LogP contribution in [0.5, 0.6) is 17.4 Å². The van der Waals surface area contributed by atoms with E-state index in [0.29, 0.717) is 10.9 Å². The normalized spacial score (nSPS) is 13.4. The number of halogens is 2. The van der Waals surface area contributed by atoms with Crippen molar-refractivity contribution < 1.29 is 37.7 Å². The summed E-state index contributed by atoms with van der Waals surface area (Å²) in [5, 5.41) is 12.6. The van der Waals surface area contributed by atoms with Gasteiger partial charge >= 0.3 is 0 Å². The van der Waals surface area contributed by atoms with Gasteiger partial charge in [0.05, 0.1) is 30.1 Å². The van der Waals surface area contributed by atoms with Gasteiger partial charge in [-0.15, -0.1) is 0 Å². The van der Waals surface area contributed by atoms with E-state index in [1.165, 1.54) is 43.6 Å². The Hall–Kier alpha value is -5.17. The van der Waals surface area contributed by atoms with Crippen LogP contribution in [0.25, 0.3) is 10.9 Å². The van der Waals surface area contributed by atoms with Gasteiger partial charge in [-0.05, 0) is 49.2 Å². The summed E-state index contributed by atoms with van der Waals surface area (Å²) in [6.07, 6.45) is 2.99. The summed E-state index contributed by atoms with van der Waals surface area (Å²) in [5.41, 5.74) is 4.63. The number of carbonyl (C=O) groups is 3. The second-order valence-corrected chi connectivity index (χ2v) is 9.24. The van der Waals surface area contributed by atoms with E-state index in [9.17, 15) is 23.9 Å². The molecule has 1 aliphatic carbocycles. The summed E-state index contributed by atoms with van der Waals surface area (Å²) in [5.74, 6) is -3.63. The van der Waals surface area contributed by atoms with Crippen molar-refractivity contribution in [1.29, 1.82) is 0 Å². The number of methoxy groups -OCH3 is 1. The van der Waals surface area contributed by atoms with Crippen LogP contribution in [-0.4, -0.2) is 46.6 Å². The van der Waals surface area contributed by atoms with Gasteiger partial charge in [0.15, 0.2) is 5.82 Å². The van der Waals surface area contributed by atoms with Crippen LogP contribution in [-0.2, 0) is 9.59 Å². The zero-order chi connectivity index (χ0) is 29.3. The van der Waals surface area contributed by atoms with Crippen LogP contribution in [0.15, 0.2) is 60.9 Å². The third kappa shape index (κ3) is 5.22. The molecule has 41 heavy (non-hydrogen) atoms. The number of rotatable bonds is 9. The average Bonchev–Trinajstić information content (AvgIpc) is 3.77. The van der Waals surface area contributed by atoms with E-state index in [1.807, 2.05) is 0 Å². The molecule has 0 atom stereocenters. The van der Waals surface area contributed by atoms with Gasteiger partial charge in [-0.1, -0.05) is 0 Å². The number of nitrogens with one attached hydrogen (secondary N) is 1. The van der Waals surface area contributed by atoms with E-state index in [2.05, 4.69) is 15.3 Å². The third-order valence-electron chi connectivity index (χ3n) is 6.68. The Bertz CT molecular complexity index is 1680. The van der Waals surface area contributed by atoms with E-state index >= 15 is 4.39 Å². The molecule has 2 aromatic heterocycles. The summed E-state index contributed by atoms with van der Waals surface area (Å²) in [6, 6.07) is 10.2. The summed E-state index contributed by atoms with van der Waals surface area (Å²) in [6.45, 7) is -0.723. The quantitative estimate of drug-likeness (QED) is 0.206. The molecule has 0 spiro atoms. The number of aliphatic hydroxyl groups is 1. The lowest BCUT2D eigenvalue weighted by atomic mass is 10.0. The molecule has 2 heterocycles. The van der Waals surface area contributed by atoms with Crippen molar-refractivity contribution in [3.63, 3.8) is 0 Å². The first-order valence-electron chi connectivity index (χ1n) is 12.3. The SMILES string of the molecule is COc1cc2nccc(Oc3ncc(NC(=O)C4(C(=O)N(CO)c5ccc(F)cc5)CC4)cc3F)c2cc1C(N)=O. The van der Waals surface area contributed by atoms with Gasteiger partial charge in [-0.2, -0.15) is 0 Å². The lowest BCUT2D eigenvalue weighted by Crippen LogP contribution is -2.43. The van der Waals surface area contributed by atoms with Crippen molar-refractivity contribution in [1.82, 2.24) is 9.97 Å². The Morgan fingerprint density at radius 3 is 2.41 bits per heavy atom. The minimum absolute atomic E-state index is 0.0309. The second kappa shape index (κ2) is 10.8. The smallest absolute Gasteiger partial charge is 0.256 e. The van der Waals surface area contributed by atoms with Crippen molar-refractivity contribution >= 4 is 40.0 Å². The maximum absolute atomic E-state index is 15.0. The number of carbonyl (C=O) groups excluding carboxylic acids is 3. The zero-order valence-electron chi connectivity index (χ0n) is 21.6. The monoisotopic (exact) mass is 563 g/mol. The minimum Gasteiger partial charge on any atom is -0.496 e. The number of nitrogens with zero attached hydrogens (tertiary/aromatic N) is 3. The van der Waals surface area contributed by atoms with Gasteiger partial charge in [-0.3, -0.25) is 24.3 Å². The van der Waals surface area contributed by atoms with Gasteiger partial charge < -0.3 is 25.6 Å². The van der Waals surface area contributed by atoms with Crippen LogP contribution in [0.3, 0.4) is 0 Å². The maximum atomic E-state index is 15.0. The number of anilines is 2. The highest BCUT2D eigenvalue weighted by Crippen LogP contribution is 2.49. The van der Waals surface area contributed by atoms with Crippen LogP contribution in [0.1, 0.15) is 23.2 Å². The molecule has 4 aromatic rings. The van der Waals surface area contributed by atoms with E-state index in [4.69, 9.17) is 15.2 Å². The number of aliphatic hydroxyl groups excluding tert-OH is 1. The minimum atomic E-state index is -1.47. The van der Waals surface area contributed by atoms with E-state index < -0.39 is 47.4 Å². The molecule has 2 aromatic carbocycles. The fraction of sp³-hybridized carbons (Fsp3) is 0.179. The van der Waals surface area contributed by atoms with Gasteiger partial charge in [0.25, 0.3) is 11.8 Å². The van der Waals surface area contributed by atoms with Crippen LogP contribution < -0.4 is 25.4 Å². The topological polar surface area (TPSA) is 157 Å². The molecule has 0 bridgehead atoms. The highest BCUT2D eigenvalue weighted by atomic mass is 19.1. The number of benzene rings is 2. The van der Waals surface area contributed by atoms with E-state index in [1.54, 1.807) is 0 Å². The molecule has 0 unspecified atom stereocenters. The molecule has 5 rings (SSSR count). The number of nitrogens with two attached hydrogens (primary N) is 1. The molecule has 11 nitrogen and oxygen atoms in total. The number of hydrogen-bond donors (Lipinski definition) is 3. The Morgan fingerprint density at radius 2 is 1.80 bits per heavy atom. The number of hydrogen-bond acceptors (Lipinski definition) is 8. The molecule has 4 N–H and O–H groups in total. The Balaban J connectivity index is 1.35. The number of pyridine rings is 2. The van der Waals surface area contributed by atoms with Gasteiger partial charge in [-0.25, -0.2) is 13.8 Å². The first-order valence-corrected chi connectivity index (χ1v) is 12.3. The number of ether oxygens (including phenoxy) is 2. The summed E-state index contributed by atoms with van der Waals surface area (Å²) in [7, 11) is 1.38. The zero-order valence-corrected chi connectivity index (χ0v) is 21.6. The van der Waals surface area contributed by atoms with Crippen molar-refractivity contribution in [3.05, 3.63) is 78.1 Å². The number of fused-ring (bicyclic) bond motifs is 1. The number of amides is 3. The molecule has 0 aliphatic heterocycles. The van der Waals surface area contributed by atoms with Crippen LogP contribution in [0.2, 0.25) is 0 Å². The Morgan fingerprint density at radius 1 is 1.07 bits per heavy atom. The van der Waals surface area contributed by atoms with Crippen LogP contribution in [0, 0.1) is 17.0 Å². The molecule has 1 fully saturated rings. The molecule has 1 aliphatic rings. The van der Waals surface area contributed by atoms with Gasteiger partial charge in [0, 0.05) is 29.4 Å². The van der Waals surface area contributed by atoms with Crippen molar-refractivity contribution in [2.24, 2.45) is 11.1 Å². The molecular formula is C28H23F2N5O6. The van der Waals surface area contributed by atoms with E-state index in [-0.39, 0.29) is 41.3 Å². The molecule has 0 radical (unpaired) electrons. The fourth-order valence-corrected chi connectivity index (χ4v) is 4.33. The lowest BCUT2D eigenvalue weighted by Gasteiger charge is -2.25. The van der Waals surface area contributed by atoms with Crippen molar-refractivity contribution in [2.45, 2.75) is 12.8 Å². The summed E-state index contributed by atoms with van der Waals surface area (Å²) >= 11 is 0.